The van der Waals surface area contributed by atoms with Crippen molar-refractivity contribution < 1.29 is 14.7 Å². The van der Waals surface area contributed by atoms with Crippen LogP contribution in [0, 0.1) is 0 Å². The normalized spacial score (nSPS) is 19.3. The van der Waals surface area contributed by atoms with Gasteiger partial charge in [0.05, 0.1) is 21.4 Å². The fraction of sp³-hybridized carbons (Fsp3) is 0.333. The van der Waals surface area contributed by atoms with Gasteiger partial charge in [0.15, 0.2) is 0 Å². The van der Waals surface area contributed by atoms with Gasteiger partial charge < -0.3 is 10.4 Å². The molecule has 0 aromatic heterocycles. The van der Waals surface area contributed by atoms with Crippen LogP contribution in [0.4, 0.5) is 0 Å². The lowest BCUT2D eigenvalue weighted by Gasteiger charge is -2.12. The Morgan fingerprint density at radius 1 is 1.37 bits per heavy atom. The van der Waals surface area contributed by atoms with E-state index in [1.54, 1.807) is 12.1 Å². The van der Waals surface area contributed by atoms with Gasteiger partial charge in [0.25, 0.3) is 0 Å². The maximum absolute atomic E-state index is 11.7. The number of hydrogen-bond donors (Lipinski definition) is 2. The lowest BCUT2D eigenvalue weighted by Crippen LogP contribution is -2.36. The molecule has 1 aromatic rings. The monoisotopic (exact) mass is 390 g/mol. The Labute approximate surface area is 127 Å². The third-order valence-corrected chi connectivity index (χ3v) is 4.22. The van der Waals surface area contributed by atoms with Crippen LogP contribution in [0.2, 0.25) is 0 Å². The van der Waals surface area contributed by atoms with E-state index in [9.17, 15) is 14.7 Å². The van der Waals surface area contributed by atoms with Crippen LogP contribution < -0.4 is 5.32 Å². The molecule has 1 atom stereocenters. The molecule has 0 bridgehead atoms. The Kier molecular flexibility index (Phi) is 4.27. The Morgan fingerprint density at radius 2 is 1.95 bits per heavy atom. The number of rotatable bonds is 3. The molecule has 7 heteroatoms. The second-order valence-electron chi connectivity index (χ2n) is 4.34. The van der Waals surface area contributed by atoms with Gasteiger partial charge in [-0.1, -0.05) is 0 Å². The van der Waals surface area contributed by atoms with Crippen molar-refractivity contribution in [3.05, 3.63) is 26.6 Å². The first-order chi connectivity index (χ1) is 8.90. The number of aromatic hydroxyl groups is 1. The maximum Gasteiger partial charge on any atom is 0.246 e. The summed E-state index contributed by atoms with van der Waals surface area (Å²) in [7, 11) is 1.49. The third-order valence-electron chi connectivity index (χ3n) is 3.01. The molecule has 1 aliphatic heterocycles. The molecule has 0 spiro atoms. The van der Waals surface area contributed by atoms with E-state index in [1.807, 2.05) is 0 Å². The van der Waals surface area contributed by atoms with E-state index in [4.69, 9.17) is 0 Å². The highest BCUT2D eigenvalue weighted by molar-refractivity contribution is 9.11. The molecular weight excluding hydrogens is 380 g/mol. The lowest BCUT2D eigenvalue weighted by atomic mass is 10.2. The number of phenols is 1. The number of nitrogens with zero attached hydrogens (tertiary/aromatic N) is 1. The second kappa shape index (κ2) is 5.60. The topological polar surface area (TPSA) is 69.6 Å². The number of hydrogen-bond acceptors (Lipinski definition) is 4. The zero-order chi connectivity index (χ0) is 14.2. The highest BCUT2D eigenvalue weighted by atomic mass is 79.9. The first-order valence-corrected chi connectivity index (χ1v) is 7.19. The standard InChI is InChI=1S/C12H12Br2N2O3/c1-16-10(17)4-9(12(16)19)15-5-6-2-7(13)11(18)8(14)3-6/h2-3,9,15,18H,4-5H2,1H3. The van der Waals surface area contributed by atoms with Crippen molar-refractivity contribution in [2.24, 2.45) is 0 Å². The number of halogens is 2. The van der Waals surface area contributed by atoms with Crippen molar-refractivity contribution in [2.45, 2.75) is 19.0 Å². The minimum Gasteiger partial charge on any atom is -0.506 e. The van der Waals surface area contributed by atoms with Crippen LogP contribution >= 0.6 is 31.9 Å². The quantitative estimate of drug-likeness (QED) is 0.770. The first-order valence-electron chi connectivity index (χ1n) is 5.61. The molecule has 102 valence electrons. The molecule has 1 aromatic carbocycles. The van der Waals surface area contributed by atoms with E-state index >= 15 is 0 Å². The van der Waals surface area contributed by atoms with Gasteiger partial charge in [-0.15, -0.1) is 0 Å². The summed E-state index contributed by atoms with van der Waals surface area (Å²) in [5, 5.41) is 12.6. The minimum absolute atomic E-state index is 0.135. The Morgan fingerprint density at radius 3 is 2.42 bits per heavy atom. The van der Waals surface area contributed by atoms with Crippen molar-refractivity contribution in [2.75, 3.05) is 7.05 Å². The van der Waals surface area contributed by atoms with Gasteiger partial charge >= 0.3 is 0 Å². The molecule has 1 heterocycles. The number of benzene rings is 1. The van der Waals surface area contributed by atoms with Crippen LogP contribution in [-0.4, -0.2) is 34.9 Å². The molecule has 0 radical (unpaired) electrons. The van der Waals surface area contributed by atoms with Crippen LogP contribution in [-0.2, 0) is 16.1 Å². The Bertz CT molecular complexity index is 525. The summed E-state index contributed by atoms with van der Waals surface area (Å²) in [6.45, 7) is 0.439. The fourth-order valence-electron chi connectivity index (χ4n) is 1.88. The smallest absolute Gasteiger partial charge is 0.246 e. The summed E-state index contributed by atoms with van der Waals surface area (Å²) in [4.78, 5) is 24.2. The molecular formula is C12H12Br2N2O3. The van der Waals surface area contributed by atoms with Crippen molar-refractivity contribution >= 4 is 43.7 Å². The molecule has 2 rings (SSSR count). The average Bonchev–Trinajstić information content (AvgIpc) is 2.61. The molecule has 1 saturated heterocycles. The fourth-order valence-corrected chi connectivity index (χ4v) is 3.16. The third kappa shape index (κ3) is 2.98. The number of likely N-dealkylation sites (tertiary alicyclic amines) is 1. The second-order valence-corrected chi connectivity index (χ2v) is 6.05. The highest BCUT2D eigenvalue weighted by Crippen LogP contribution is 2.33. The number of imide groups is 1. The lowest BCUT2D eigenvalue weighted by molar-refractivity contribution is -0.137. The minimum atomic E-state index is -0.469. The van der Waals surface area contributed by atoms with Crippen molar-refractivity contribution in [3.63, 3.8) is 0 Å². The molecule has 0 saturated carbocycles. The largest absolute Gasteiger partial charge is 0.506 e. The zero-order valence-electron chi connectivity index (χ0n) is 10.1. The van der Waals surface area contributed by atoms with Gasteiger partial charge in [-0.2, -0.15) is 0 Å². The van der Waals surface area contributed by atoms with Crippen LogP contribution in [0.3, 0.4) is 0 Å². The molecule has 2 amide bonds. The Hall–Kier alpha value is -0.920. The predicted octanol–water partition coefficient (Wildman–Crippen LogP) is 1.76. The Balaban J connectivity index is 2.04. The summed E-state index contributed by atoms with van der Waals surface area (Å²) >= 11 is 6.49. The van der Waals surface area contributed by atoms with E-state index in [1.165, 1.54) is 7.05 Å². The molecule has 1 aliphatic rings. The molecule has 1 fully saturated rings. The zero-order valence-corrected chi connectivity index (χ0v) is 13.3. The van der Waals surface area contributed by atoms with E-state index in [0.717, 1.165) is 10.5 Å². The number of phenolic OH excluding ortho intramolecular Hbond substituents is 1. The van der Waals surface area contributed by atoms with Crippen molar-refractivity contribution in [3.8, 4) is 5.75 Å². The maximum atomic E-state index is 11.7. The summed E-state index contributed by atoms with van der Waals surface area (Å²) in [6, 6.07) is 3.06. The molecule has 19 heavy (non-hydrogen) atoms. The van der Waals surface area contributed by atoms with Gasteiger partial charge in [0.1, 0.15) is 5.75 Å². The van der Waals surface area contributed by atoms with Gasteiger partial charge in [0.2, 0.25) is 11.8 Å². The van der Waals surface area contributed by atoms with E-state index in [0.29, 0.717) is 15.5 Å². The van der Waals surface area contributed by atoms with Crippen molar-refractivity contribution in [1.82, 2.24) is 10.2 Å². The summed E-state index contributed by atoms with van der Waals surface area (Å²) < 4.78 is 1.15. The predicted molar refractivity (Wildman–Crippen MR) is 76.5 cm³/mol. The van der Waals surface area contributed by atoms with Crippen LogP contribution in [0.15, 0.2) is 21.1 Å². The van der Waals surface area contributed by atoms with Crippen LogP contribution in [0.5, 0.6) is 5.75 Å². The molecule has 2 N–H and O–H groups in total. The van der Waals surface area contributed by atoms with Gasteiger partial charge in [-0.25, -0.2) is 0 Å². The molecule has 1 unspecified atom stereocenters. The summed E-state index contributed by atoms with van der Waals surface area (Å²) in [6.07, 6.45) is 0.190. The highest BCUT2D eigenvalue weighted by Gasteiger charge is 2.35. The summed E-state index contributed by atoms with van der Waals surface area (Å²) in [5.41, 5.74) is 0.895. The number of amides is 2. The number of likely N-dealkylation sites (N-methyl/N-ethyl adjacent to an activating group) is 1. The van der Waals surface area contributed by atoms with Gasteiger partial charge in [-0.3, -0.25) is 14.5 Å². The number of carbonyl (C=O) groups is 2. The number of nitrogens with one attached hydrogen (secondary N) is 1. The van der Waals surface area contributed by atoms with Crippen molar-refractivity contribution in [1.29, 1.82) is 0 Å². The number of carbonyl (C=O) groups excluding carboxylic acids is 2. The van der Waals surface area contributed by atoms with E-state index in [2.05, 4.69) is 37.2 Å². The summed E-state index contributed by atoms with van der Waals surface area (Å²) in [5.74, 6) is -0.243. The first kappa shape index (κ1) is 14.5. The van der Waals surface area contributed by atoms with Crippen LogP contribution in [0.25, 0.3) is 0 Å². The van der Waals surface area contributed by atoms with Gasteiger partial charge in [-0.05, 0) is 49.6 Å². The van der Waals surface area contributed by atoms with E-state index < -0.39 is 6.04 Å². The van der Waals surface area contributed by atoms with Gasteiger partial charge in [0, 0.05) is 13.6 Å². The van der Waals surface area contributed by atoms with Crippen LogP contribution in [0.1, 0.15) is 12.0 Å². The molecule has 5 nitrogen and oxygen atoms in total. The van der Waals surface area contributed by atoms with E-state index in [-0.39, 0.29) is 24.0 Å². The SMILES string of the molecule is CN1C(=O)CC(NCc2cc(Br)c(O)c(Br)c2)C1=O. The molecule has 0 aliphatic carbocycles. The average molecular weight is 392 g/mol.